The summed E-state index contributed by atoms with van der Waals surface area (Å²) in [5, 5.41) is 0. The normalized spacial score (nSPS) is 13.1. The van der Waals surface area contributed by atoms with Crippen molar-refractivity contribution >= 4 is 0 Å². The molecule has 0 amide bonds. The lowest BCUT2D eigenvalue weighted by atomic mass is 9.89. The second-order valence-electron chi connectivity index (χ2n) is 4.94. The van der Waals surface area contributed by atoms with E-state index in [1.54, 1.807) is 0 Å². The summed E-state index contributed by atoms with van der Waals surface area (Å²) in [7, 11) is 0. The van der Waals surface area contributed by atoms with Gasteiger partial charge in [-0.1, -0.05) is 66.7 Å². The van der Waals surface area contributed by atoms with Crippen molar-refractivity contribution in [3.63, 3.8) is 0 Å². The van der Waals surface area contributed by atoms with Gasteiger partial charge in [0.05, 0.1) is 0 Å². The average molecular weight is 241 g/mol. The van der Waals surface area contributed by atoms with Crippen LogP contribution in [0.4, 0.5) is 0 Å². The lowest BCUT2D eigenvalue weighted by Crippen LogP contribution is -1.98. The van der Waals surface area contributed by atoms with Crippen molar-refractivity contribution in [2.24, 2.45) is 0 Å². The summed E-state index contributed by atoms with van der Waals surface area (Å²) < 4.78 is 0. The minimum Gasteiger partial charge on any atom is -0.0622 e. The third-order valence-electron chi connectivity index (χ3n) is 3.90. The highest BCUT2D eigenvalue weighted by Gasteiger charge is 2.28. The average Bonchev–Trinajstić information content (AvgIpc) is 2.83. The van der Waals surface area contributed by atoms with Gasteiger partial charge < -0.3 is 0 Å². The van der Waals surface area contributed by atoms with Gasteiger partial charge in [0.15, 0.2) is 0 Å². The van der Waals surface area contributed by atoms with Crippen LogP contribution in [-0.4, -0.2) is 0 Å². The van der Waals surface area contributed by atoms with Gasteiger partial charge in [-0.25, -0.2) is 0 Å². The Morgan fingerprint density at radius 2 is 1.42 bits per heavy atom. The summed E-state index contributed by atoms with van der Waals surface area (Å²) in [5.41, 5.74) is 6.84. The molecule has 4 rings (SSSR count). The third-order valence-corrected chi connectivity index (χ3v) is 3.90. The highest BCUT2D eigenvalue weighted by atomic mass is 14.3. The molecule has 0 saturated carbocycles. The first kappa shape index (κ1) is 10.6. The molecule has 1 atom stereocenters. The van der Waals surface area contributed by atoms with Gasteiger partial charge >= 0.3 is 0 Å². The standard InChI is InChI=1S/C19H13/c1-2-8-14(9-3-1)19-17-12-6-4-10-15(17)16-11-5-7-13-18(16)19/h1-6,8-13,19H. The first-order valence-corrected chi connectivity index (χ1v) is 6.59. The lowest BCUT2D eigenvalue weighted by molar-refractivity contribution is 1.01. The quantitative estimate of drug-likeness (QED) is 0.455. The third kappa shape index (κ3) is 1.53. The molecule has 0 heteroatoms. The molecule has 0 saturated heterocycles. The molecule has 0 fully saturated rings. The minimum absolute atomic E-state index is 0.352. The number of hydrogen-bond donors (Lipinski definition) is 0. The molecule has 89 valence electrons. The van der Waals surface area contributed by atoms with Gasteiger partial charge in [-0.05, 0) is 39.9 Å². The van der Waals surface area contributed by atoms with Gasteiger partial charge in [0, 0.05) is 5.92 Å². The number of hydrogen-bond acceptors (Lipinski definition) is 0. The van der Waals surface area contributed by atoms with Crippen LogP contribution in [-0.2, 0) is 0 Å². The molecule has 1 unspecified atom stereocenters. The smallest absolute Gasteiger partial charge is 0.0352 e. The van der Waals surface area contributed by atoms with Crippen molar-refractivity contribution in [1.82, 2.24) is 0 Å². The van der Waals surface area contributed by atoms with Crippen molar-refractivity contribution in [3.05, 3.63) is 95.6 Å². The Kier molecular flexibility index (Phi) is 2.28. The Bertz CT molecular complexity index is 680. The van der Waals surface area contributed by atoms with E-state index in [1.165, 1.54) is 27.8 Å². The number of fused-ring (bicyclic) bond motifs is 3. The van der Waals surface area contributed by atoms with E-state index < -0.39 is 0 Å². The van der Waals surface area contributed by atoms with E-state index in [1.807, 2.05) is 6.07 Å². The van der Waals surface area contributed by atoms with Crippen LogP contribution in [0.5, 0.6) is 0 Å². The van der Waals surface area contributed by atoms with Crippen molar-refractivity contribution in [1.29, 1.82) is 0 Å². The maximum atomic E-state index is 3.23. The van der Waals surface area contributed by atoms with Crippen molar-refractivity contribution < 1.29 is 0 Å². The summed E-state index contributed by atoms with van der Waals surface area (Å²) in [6.07, 6.45) is 0. The van der Waals surface area contributed by atoms with E-state index >= 15 is 0 Å². The number of benzene rings is 3. The monoisotopic (exact) mass is 241 g/mol. The fourth-order valence-corrected chi connectivity index (χ4v) is 3.09. The zero-order chi connectivity index (χ0) is 12.7. The Labute approximate surface area is 113 Å². The molecule has 0 nitrogen and oxygen atoms in total. The van der Waals surface area contributed by atoms with E-state index in [0.717, 1.165) is 0 Å². The molecular formula is C19H13. The molecule has 3 aromatic rings. The van der Waals surface area contributed by atoms with E-state index in [9.17, 15) is 0 Å². The molecule has 0 N–H and O–H groups in total. The molecule has 1 radical (unpaired) electrons. The Morgan fingerprint density at radius 1 is 0.684 bits per heavy atom. The maximum Gasteiger partial charge on any atom is 0.0352 e. The molecule has 3 aromatic carbocycles. The second kappa shape index (κ2) is 4.10. The molecular weight excluding hydrogens is 228 g/mol. The van der Waals surface area contributed by atoms with Gasteiger partial charge in [0.2, 0.25) is 0 Å². The fourth-order valence-electron chi connectivity index (χ4n) is 3.09. The van der Waals surface area contributed by atoms with Gasteiger partial charge in [0.25, 0.3) is 0 Å². The van der Waals surface area contributed by atoms with Crippen LogP contribution in [0.25, 0.3) is 11.1 Å². The van der Waals surface area contributed by atoms with Gasteiger partial charge in [-0.2, -0.15) is 0 Å². The number of rotatable bonds is 1. The predicted molar refractivity (Wildman–Crippen MR) is 78.1 cm³/mol. The van der Waals surface area contributed by atoms with Crippen LogP contribution in [0.1, 0.15) is 22.6 Å². The Balaban J connectivity index is 2.02. The maximum absolute atomic E-state index is 3.23. The topological polar surface area (TPSA) is 0 Å². The highest BCUT2D eigenvalue weighted by Crippen LogP contribution is 2.47. The molecule has 0 heterocycles. The van der Waals surface area contributed by atoms with Gasteiger partial charge in [-0.15, -0.1) is 0 Å². The second-order valence-corrected chi connectivity index (χ2v) is 4.94. The van der Waals surface area contributed by atoms with Gasteiger partial charge in [0.1, 0.15) is 0 Å². The zero-order valence-electron chi connectivity index (χ0n) is 10.5. The van der Waals surface area contributed by atoms with E-state index in [-0.39, 0.29) is 0 Å². The Morgan fingerprint density at radius 3 is 2.32 bits per heavy atom. The summed E-state index contributed by atoms with van der Waals surface area (Å²) in [6, 6.07) is 29.0. The largest absolute Gasteiger partial charge is 0.0622 e. The van der Waals surface area contributed by atoms with Crippen LogP contribution < -0.4 is 0 Å². The van der Waals surface area contributed by atoms with Crippen molar-refractivity contribution in [2.45, 2.75) is 5.92 Å². The SMILES string of the molecule is [c]1ccc2c(c1)C(c1ccccc1)c1ccccc1-2. The summed E-state index contributed by atoms with van der Waals surface area (Å²) in [6.45, 7) is 0. The summed E-state index contributed by atoms with van der Waals surface area (Å²) in [4.78, 5) is 0. The van der Waals surface area contributed by atoms with E-state index in [0.29, 0.717) is 5.92 Å². The van der Waals surface area contributed by atoms with E-state index in [2.05, 4.69) is 72.8 Å². The molecule has 0 aliphatic heterocycles. The molecule has 0 aromatic heterocycles. The lowest BCUT2D eigenvalue weighted by Gasteiger charge is -2.13. The van der Waals surface area contributed by atoms with Gasteiger partial charge in [-0.3, -0.25) is 0 Å². The van der Waals surface area contributed by atoms with Crippen LogP contribution in [0.3, 0.4) is 0 Å². The highest BCUT2D eigenvalue weighted by molar-refractivity contribution is 5.80. The van der Waals surface area contributed by atoms with Crippen LogP contribution in [0, 0.1) is 6.07 Å². The minimum atomic E-state index is 0.352. The van der Waals surface area contributed by atoms with Crippen LogP contribution >= 0.6 is 0 Å². The fraction of sp³-hybridized carbons (Fsp3) is 0.0526. The molecule has 1 aliphatic carbocycles. The summed E-state index contributed by atoms with van der Waals surface area (Å²) >= 11 is 0. The molecule has 0 bridgehead atoms. The molecule has 19 heavy (non-hydrogen) atoms. The van der Waals surface area contributed by atoms with Crippen molar-refractivity contribution in [2.75, 3.05) is 0 Å². The first-order valence-electron chi connectivity index (χ1n) is 6.59. The first-order chi connectivity index (χ1) is 9.45. The summed E-state index contributed by atoms with van der Waals surface area (Å²) in [5.74, 6) is 0.352. The molecule has 1 aliphatic rings. The van der Waals surface area contributed by atoms with Crippen LogP contribution in [0.2, 0.25) is 0 Å². The Hall–Kier alpha value is -2.34. The predicted octanol–water partition coefficient (Wildman–Crippen LogP) is 4.65. The van der Waals surface area contributed by atoms with E-state index in [4.69, 9.17) is 0 Å². The van der Waals surface area contributed by atoms with Crippen LogP contribution in [0.15, 0.2) is 72.8 Å². The molecule has 0 spiro atoms. The van der Waals surface area contributed by atoms with Crippen molar-refractivity contribution in [3.8, 4) is 11.1 Å². The zero-order valence-corrected chi connectivity index (χ0v) is 10.5.